The molecule has 2 aliphatic rings. The minimum atomic E-state index is -4.77. The standard InChI is InChI=1S/C31H31F4N7O.2ClH/c1-21(43)40-14-15-41-26(19-40)18-39(20-28(41)29(22-8-4-2-5-9-22)23-10-6-3-7-11-23)17-24-16-25(12-13-27(24)32)42-30(31(33,34)35)36-37-38-42;;/h2-13,16,26,28-29H,14-15,17-20H2,1H3;2*1H/t26-,28+;;/m1../s1. The summed E-state index contributed by atoms with van der Waals surface area (Å²) < 4.78 is 56.3. The second-order valence-corrected chi connectivity index (χ2v) is 11.1. The number of rotatable bonds is 6. The van der Waals surface area contributed by atoms with Crippen molar-refractivity contribution in [3.63, 3.8) is 0 Å². The van der Waals surface area contributed by atoms with Crippen LogP contribution in [0.4, 0.5) is 17.6 Å². The zero-order valence-electron chi connectivity index (χ0n) is 24.3. The van der Waals surface area contributed by atoms with Crippen LogP contribution in [0.5, 0.6) is 0 Å². The summed E-state index contributed by atoms with van der Waals surface area (Å²) in [5.41, 5.74) is 2.57. The lowest BCUT2D eigenvalue weighted by Gasteiger charge is -2.53. The number of benzene rings is 3. The summed E-state index contributed by atoms with van der Waals surface area (Å²) in [6.45, 7) is 4.78. The van der Waals surface area contributed by atoms with E-state index in [4.69, 9.17) is 0 Å². The molecule has 0 radical (unpaired) electrons. The summed E-state index contributed by atoms with van der Waals surface area (Å²) in [7, 11) is 0. The Hall–Kier alpha value is -3.58. The third-order valence-corrected chi connectivity index (χ3v) is 8.41. The van der Waals surface area contributed by atoms with E-state index in [0.717, 1.165) is 17.2 Å². The molecule has 240 valence electrons. The minimum absolute atomic E-state index is 0. The van der Waals surface area contributed by atoms with Gasteiger partial charge in [0.25, 0.3) is 5.82 Å². The van der Waals surface area contributed by atoms with Crippen molar-refractivity contribution in [1.29, 1.82) is 0 Å². The fourth-order valence-electron chi connectivity index (χ4n) is 6.47. The minimum Gasteiger partial charge on any atom is -0.340 e. The van der Waals surface area contributed by atoms with Crippen LogP contribution in [0.3, 0.4) is 0 Å². The van der Waals surface area contributed by atoms with Gasteiger partial charge in [0.05, 0.1) is 5.69 Å². The first kappa shape index (κ1) is 34.3. The fourth-order valence-corrected chi connectivity index (χ4v) is 6.47. The van der Waals surface area contributed by atoms with Crippen LogP contribution in [0.25, 0.3) is 5.69 Å². The Bertz CT molecular complexity index is 1540. The predicted octanol–water partition coefficient (Wildman–Crippen LogP) is 5.21. The van der Waals surface area contributed by atoms with Crippen molar-refractivity contribution in [2.75, 3.05) is 32.7 Å². The number of halogens is 6. The van der Waals surface area contributed by atoms with E-state index in [-0.39, 0.29) is 66.5 Å². The van der Waals surface area contributed by atoms with Gasteiger partial charge in [0.15, 0.2) is 0 Å². The maximum Gasteiger partial charge on any atom is 0.453 e. The molecule has 0 unspecified atom stereocenters. The van der Waals surface area contributed by atoms with E-state index in [9.17, 15) is 18.0 Å². The zero-order chi connectivity index (χ0) is 30.1. The van der Waals surface area contributed by atoms with Gasteiger partial charge >= 0.3 is 6.18 Å². The Kier molecular flexibility index (Phi) is 10.9. The zero-order valence-corrected chi connectivity index (χ0v) is 26.0. The van der Waals surface area contributed by atoms with Crippen LogP contribution in [-0.4, -0.2) is 85.6 Å². The van der Waals surface area contributed by atoms with Gasteiger partial charge in [-0.05, 0) is 39.8 Å². The van der Waals surface area contributed by atoms with Crippen LogP contribution < -0.4 is 0 Å². The first-order valence-corrected chi connectivity index (χ1v) is 14.2. The Morgan fingerprint density at radius 2 is 1.56 bits per heavy atom. The van der Waals surface area contributed by atoms with Crippen molar-refractivity contribution >= 4 is 30.7 Å². The van der Waals surface area contributed by atoms with E-state index in [2.05, 4.69) is 49.6 Å². The molecule has 4 aromatic rings. The molecule has 45 heavy (non-hydrogen) atoms. The lowest BCUT2D eigenvalue weighted by atomic mass is 9.81. The van der Waals surface area contributed by atoms with Gasteiger partial charge in [0.1, 0.15) is 5.82 Å². The monoisotopic (exact) mass is 665 g/mol. The van der Waals surface area contributed by atoms with Crippen LogP contribution in [0.1, 0.15) is 35.4 Å². The molecule has 0 spiro atoms. The molecule has 1 amide bonds. The molecule has 0 aliphatic carbocycles. The largest absolute Gasteiger partial charge is 0.453 e. The number of hydrogen-bond acceptors (Lipinski definition) is 6. The number of tetrazole rings is 1. The van der Waals surface area contributed by atoms with Crippen molar-refractivity contribution in [2.45, 2.75) is 37.6 Å². The molecule has 6 rings (SSSR count). The summed E-state index contributed by atoms with van der Waals surface area (Å²) in [5.74, 6) is -1.79. The SMILES string of the molecule is CC(=O)N1CCN2[C@H](CN(Cc3cc(-n4nnnc4C(F)(F)F)ccc3F)C[C@H]2C(c2ccccc2)c2ccccc2)C1.Cl.Cl. The average molecular weight is 667 g/mol. The van der Waals surface area contributed by atoms with E-state index in [1.165, 1.54) is 12.1 Å². The van der Waals surface area contributed by atoms with Gasteiger partial charge in [-0.3, -0.25) is 14.6 Å². The molecule has 3 heterocycles. The Labute approximate surface area is 270 Å². The first-order valence-electron chi connectivity index (χ1n) is 14.2. The summed E-state index contributed by atoms with van der Waals surface area (Å²) in [6, 6.07) is 24.3. The summed E-state index contributed by atoms with van der Waals surface area (Å²) in [6.07, 6.45) is -4.77. The smallest absolute Gasteiger partial charge is 0.340 e. The van der Waals surface area contributed by atoms with Gasteiger partial charge in [-0.2, -0.15) is 17.9 Å². The summed E-state index contributed by atoms with van der Waals surface area (Å²) in [4.78, 5) is 18.8. The first-order chi connectivity index (χ1) is 20.7. The molecule has 14 heteroatoms. The quantitative estimate of drug-likeness (QED) is 0.264. The highest BCUT2D eigenvalue weighted by molar-refractivity contribution is 5.85. The highest BCUT2D eigenvalue weighted by Gasteiger charge is 2.43. The number of nitrogens with zero attached hydrogens (tertiary/aromatic N) is 7. The topological polar surface area (TPSA) is 70.4 Å². The number of fused-ring (bicyclic) bond motifs is 1. The molecular weight excluding hydrogens is 633 g/mol. The predicted molar refractivity (Wildman–Crippen MR) is 165 cm³/mol. The summed E-state index contributed by atoms with van der Waals surface area (Å²) >= 11 is 0. The van der Waals surface area contributed by atoms with Crippen LogP contribution in [0.15, 0.2) is 78.9 Å². The number of amides is 1. The molecular formula is C31H33Cl2F4N7O. The van der Waals surface area contributed by atoms with Crippen LogP contribution in [0, 0.1) is 5.82 Å². The van der Waals surface area contributed by atoms with E-state index < -0.39 is 17.8 Å². The molecule has 8 nitrogen and oxygen atoms in total. The molecule has 1 aromatic heterocycles. The number of carbonyl (C=O) groups is 1. The van der Waals surface area contributed by atoms with Gasteiger partial charge < -0.3 is 4.90 Å². The van der Waals surface area contributed by atoms with E-state index in [1.807, 2.05) is 41.3 Å². The third kappa shape index (κ3) is 7.30. The Morgan fingerprint density at radius 3 is 2.16 bits per heavy atom. The average Bonchev–Trinajstić information content (AvgIpc) is 3.50. The Balaban J connectivity index is 0.00000230. The molecule has 0 bridgehead atoms. The molecule has 0 saturated carbocycles. The van der Waals surface area contributed by atoms with Gasteiger partial charge in [-0.1, -0.05) is 60.7 Å². The van der Waals surface area contributed by atoms with Crippen LogP contribution >= 0.6 is 24.8 Å². The highest BCUT2D eigenvalue weighted by Crippen LogP contribution is 2.36. The molecule has 2 atom stereocenters. The second-order valence-electron chi connectivity index (χ2n) is 11.1. The van der Waals surface area contributed by atoms with Crippen LogP contribution in [0.2, 0.25) is 0 Å². The van der Waals surface area contributed by atoms with Gasteiger partial charge in [-0.15, -0.1) is 29.9 Å². The molecule has 0 N–H and O–H groups in total. The van der Waals surface area contributed by atoms with Crippen LogP contribution in [-0.2, 0) is 17.5 Å². The van der Waals surface area contributed by atoms with Crippen molar-refractivity contribution in [2.24, 2.45) is 0 Å². The van der Waals surface area contributed by atoms with Gasteiger partial charge in [-0.25, -0.2) is 4.39 Å². The van der Waals surface area contributed by atoms with Gasteiger partial charge in [0, 0.05) is 69.8 Å². The maximum atomic E-state index is 15.2. The van der Waals surface area contributed by atoms with Gasteiger partial charge in [0.2, 0.25) is 5.91 Å². The number of piperazine rings is 2. The van der Waals surface area contributed by atoms with Crippen molar-refractivity contribution in [1.82, 2.24) is 34.9 Å². The van der Waals surface area contributed by atoms with E-state index in [0.29, 0.717) is 37.4 Å². The number of hydrogen-bond donors (Lipinski definition) is 0. The van der Waals surface area contributed by atoms with Crippen molar-refractivity contribution in [3.05, 3.63) is 107 Å². The summed E-state index contributed by atoms with van der Waals surface area (Å²) in [5, 5.41) is 9.81. The number of carbonyl (C=O) groups excluding carboxylic acids is 1. The number of alkyl halides is 3. The maximum absolute atomic E-state index is 15.2. The third-order valence-electron chi connectivity index (χ3n) is 8.41. The lowest BCUT2D eigenvalue weighted by Crippen LogP contribution is -2.67. The number of aromatic nitrogens is 4. The molecule has 2 fully saturated rings. The van der Waals surface area contributed by atoms with Crippen molar-refractivity contribution in [3.8, 4) is 5.69 Å². The Morgan fingerprint density at radius 1 is 0.911 bits per heavy atom. The molecule has 2 aliphatic heterocycles. The molecule has 3 aromatic carbocycles. The molecule has 2 saturated heterocycles. The normalized spacial score (nSPS) is 19.0. The fraction of sp³-hybridized carbons (Fsp3) is 0.355. The van der Waals surface area contributed by atoms with E-state index in [1.54, 1.807) is 6.92 Å². The lowest BCUT2D eigenvalue weighted by molar-refractivity contribution is -0.146. The highest BCUT2D eigenvalue weighted by atomic mass is 35.5. The van der Waals surface area contributed by atoms with Crippen molar-refractivity contribution < 1.29 is 22.4 Å². The van der Waals surface area contributed by atoms with E-state index >= 15 is 4.39 Å². The second kappa shape index (κ2) is 14.2.